The molecule has 8 rings (SSSR count). The van der Waals surface area contributed by atoms with Crippen LogP contribution in [0.15, 0.2) is 272 Å². The molecule has 0 saturated carbocycles. The van der Waals surface area contributed by atoms with E-state index >= 15 is 0 Å². The number of hydrogen-bond acceptors (Lipinski definition) is 2. The fraction of sp³-hybridized carbons (Fsp3) is 0.0952. The van der Waals surface area contributed by atoms with Crippen LogP contribution in [0.2, 0.25) is 0 Å². The van der Waals surface area contributed by atoms with E-state index in [0.29, 0.717) is 0 Å². The lowest BCUT2D eigenvalue weighted by molar-refractivity contribution is 0.726. The predicted octanol–water partition coefficient (Wildman–Crippen LogP) is 15.9. The molecule has 2 heteroatoms. The zero-order valence-electron chi connectivity index (χ0n) is 37.2. The summed E-state index contributed by atoms with van der Waals surface area (Å²) in [5, 5.41) is 2.43. The van der Waals surface area contributed by atoms with E-state index in [1.807, 2.05) is 61.7 Å². The van der Waals surface area contributed by atoms with Crippen LogP contribution in [0.4, 0.5) is 5.69 Å². The molecule has 2 N–H and O–H groups in total. The number of rotatable bonds is 13. The molecule has 0 radical (unpaired) electrons. The topological polar surface area (TPSA) is 38.4 Å². The minimum absolute atomic E-state index is 0.0752. The molecule has 2 aliphatic rings. The summed E-state index contributed by atoms with van der Waals surface area (Å²) in [6.07, 6.45) is 42.4. The molecule has 6 aromatic carbocycles. The zero-order chi connectivity index (χ0) is 44.7. The Bertz CT molecular complexity index is 2990. The Morgan fingerprint density at radius 3 is 2.09 bits per heavy atom. The third kappa shape index (κ3) is 10.0. The van der Waals surface area contributed by atoms with Gasteiger partial charge in [-0.25, -0.2) is 0 Å². The van der Waals surface area contributed by atoms with Gasteiger partial charge in [0.15, 0.2) is 0 Å². The number of hydrogen-bond donors (Lipinski definition) is 1. The summed E-state index contributed by atoms with van der Waals surface area (Å²) in [5.41, 5.74) is 18.5. The molecular weight excluding hydrogens is 785 g/mol. The van der Waals surface area contributed by atoms with E-state index in [2.05, 4.69) is 194 Å². The minimum atomic E-state index is -0.743. The molecule has 0 aliphatic heterocycles. The van der Waals surface area contributed by atoms with Gasteiger partial charge < -0.3 is 5.73 Å². The molecular formula is C63H56N2. The lowest BCUT2D eigenvalue weighted by Crippen LogP contribution is -2.33. The van der Waals surface area contributed by atoms with Crippen LogP contribution >= 0.6 is 0 Å². The predicted molar refractivity (Wildman–Crippen MR) is 281 cm³/mol. The second-order valence-electron chi connectivity index (χ2n) is 16.3. The van der Waals surface area contributed by atoms with Crippen molar-refractivity contribution in [3.05, 3.63) is 300 Å². The summed E-state index contributed by atoms with van der Waals surface area (Å²) in [4.78, 5) is 5.15. The Morgan fingerprint density at radius 1 is 0.600 bits per heavy atom. The van der Waals surface area contributed by atoms with E-state index in [0.717, 1.165) is 52.8 Å². The molecule has 6 aromatic rings. The molecule has 2 aliphatic carbocycles. The van der Waals surface area contributed by atoms with Crippen molar-refractivity contribution in [1.82, 2.24) is 0 Å². The van der Waals surface area contributed by atoms with E-state index in [-0.39, 0.29) is 5.92 Å². The number of fused-ring (bicyclic) bond motifs is 2. The van der Waals surface area contributed by atoms with Crippen molar-refractivity contribution >= 4 is 28.2 Å². The van der Waals surface area contributed by atoms with Crippen LogP contribution in [-0.2, 0) is 11.8 Å². The molecule has 0 amide bonds. The van der Waals surface area contributed by atoms with E-state index in [1.54, 1.807) is 0 Å². The normalized spacial score (nSPS) is 18.8. The van der Waals surface area contributed by atoms with E-state index in [1.165, 1.54) is 50.4 Å². The number of nitrogens with zero attached hydrogens (tertiary/aromatic N) is 1. The van der Waals surface area contributed by atoms with Crippen molar-refractivity contribution in [3.8, 4) is 11.1 Å². The third-order valence-corrected chi connectivity index (χ3v) is 12.2. The lowest BCUT2D eigenvalue weighted by atomic mass is 9.61. The molecule has 318 valence electrons. The SMILES string of the molecule is C=C1/C=C(c2cccc(-c3cccc(C(/C=C/C=C\C=C/C=C/N)c4ccccc4)c3)c2)\C=C/Cc2cc3ccccc3cc2C1(C1=CCCC=C1)c1ccccc1N=C/C=C\C=C/C. The lowest BCUT2D eigenvalue weighted by Gasteiger charge is -2.40. The molecule has 2 atom stereocenters. The Hall–Kier alpha value is -7.81. The van der Waals surface area contributed by atoms with Crippen LogP contribution in [0.5, 0.6) is 0 Å². The summed E-state index contributed by atoms with van der Waals surface area (Å²) in [5.74, 6) is 0.0752. The highest BCUT2D eigenvalue weighted by molar-refractivity contribution is 5.88. The molecule has 0 aromatic heterocycles. The van der Waals surface area contributed by atoms with Crippen LogP contribution in [0.3, 0.4) is 0 Å². The number of nitrogens with two attached hydrogens (primary N) is 1. The van der Waals surface area contributed by atoms with E-state index < -0.39 is 5.41 Å². The molecule has 0 bridgehead atoms. The number of para-hydroxylation sites is 1. The van der Waals surface area contributed by atoms with Crippen LogP contribution in [0.1, 0.15) is 59.1 Å². The van der Waals surface area contributed by atoms with Gasteiger partial charge in [0.1, 0.15) is 0 Å². The molecule has 2 unspecified atom stereocenters. The van der Waals surface area contributed by atoms with Crippen molar-refractivity contribution in [2.24, 2.45) is 10.7 Å². The number of aliphatic imine (C=N–C) groups is 1. The van der Waals surface area contributed by atoms with Crippen molar-refractivity contribution in [1.29, 1.82) is 0 Å². The van der Waals surface area contributed by atoms with Crippen molar-refractivity contribution < 1.29 is 0 Å². The van der Waals surface area contributed by atoms with Gasteiger partial charge in [0.05, 0.1) is 11.1 Å². The van der Waals surface area contributed by atoms with Gasteiger partial charge in [0, 0.05) is 12.1 Å². The Kier molecular flexibility index (Phi) is 14.5. The van der Waals surface area contributed by atoms with Crippen LogP contribution < -0.4 is 5.73 Å². The molecule has 0 spiro atoms. The maximum absolute atomic E-state index is 5.48. The summed E-state index contributed by atoms with van der Waals surface area (Å²) >= 11 is 0. The highest BCUT2D eigenvalue weighted by Gasteiger charge is 2.43. The Morgan fingerprint density at radius 2 is 1.29 bits per heavy atom. The van der Waals surface area contributed by atoms with Crippen LogP contribution in [0, 0.1) is 0 Å². The maximum atomic E-state index is 5.48. The first-order valence-electron chi connectivity index (χ1n) is 22.6. The maximum Gasteiger partial charge on any atom is 0.0716 e. The highest BCUT2D eigenvalue weighted by atomic mass is 14.7. The van der Waals surface area contributed by atoms with Gasteiger partial charge in [-0.05, 0) is 135 Å². The van der Waals surface area contributed by atoms with Gasteiger partial charge in [-0.1, -0.05) is 219 Å². The van der Waals surface area contributed by atoms with Gasteiger partial charge in [0.2, 0.25) is 0 Å². The fourth-order valence-corrected chi connectivity index (χ4v) is 9.13. The van der Waals surface area contributed by atoms with Crippen molar-refractivity contribution in [2.75, 3.05) is 0 Å². The molecule has 0 saturated heterocycles. The zero-order valence-corrected chi connectivity index (χ0v) is 37.2. The highest BCUT2D eigenvalue weighted by Crippen LogP contribution is 2.52. The van der Waals surface area contributed by atoms with E-state index in [9.17, 15) is 0 Å². The first-order valence-corrected chi connectivity index (χ1v) is 22.6. The summed E-state index contributed by atoms with van der Waals surface area (Å²) in [7, 11) is 0. The third-order valence-electron chi connectivity index (χ3n) is 12.2. The monoisotopic (exact) mass is 840 g/mol. The van der Waals surface area contributed by atoms with Crippen molar-refractivity contribution in [3.63, 3.8) is 0 Å². The smallest absolute Gasteiger partial charge is 0.0716 e. The first kappa shape index (κ1) is 43.8. The first-order chi connectivity index (χ1) is 32.1. The number of benzene rings is 6. The molecule has 0 heterocycles. The fourth-order valence-electron chi connectivity index (χ4n) is 9.13. The number of allylic oxidation sites excluding steroid dienone is 20. The standard InChI is InChI=1S/C63H56N2/c1-3-4-5-22-42-65-62-40-20-19-39-60(62)63(58-36-14-11-15-37-58)48(2)43-50(30-25-35-57-46-51-28-17-18-29-55(51)47-61(57)63)52-31-23-32-53(44-52)54-33-24-34-56(45-54)59(49-26-12-10-13-27-49)38-16-8-6-7-9-21-41-64/h3-10,12-14,16-34,36-47,59H,2,11,15,35,64H2,1H3/b4-3-,8-6-,9-7-,22-5-,30-25-,38-16+,41-21+,50-43+,65-42?. The second-order valence-corrected chi connectivity index (χ2v) is 16.3. The molecule has 65 heavy (non-hydrogen) atoms. The molecule has 0 fully saturated rings. The minimum Gasteiger partial charge on any atom is -0.405 e. The average molecular weight is 841 g/mol. The van der Waals surface area contributed by atoms with Gasteiger partial charge >= 0.3 is 0 Å². The van der Waals surface area contributed by atoms with Gasteiger partial charge in [-0.3, -0.25) is 4.99 Å². The summed E-state index contributed by atoms with van der Waals surface area (Å²) in [6.45, 7) is 7.11. The van der Waals surface area contributed by atoms with Crippen molar-refractivity contribution in [2.45, 2.75) is 37.5 Å². The van der Waals surface area contributed by atoms with Crippen LogP contribution in [0.25, 0.3) is 27.5 Å². The van der Waals surface area contributed by atoms with E-state index in [4.69, 9.17) is 17.3 Å². The van der Waals surface area contributed by atoms with Gasteiger partial charge in [-0.15, -0.1) is 0 Å². The Labute approximate surface area is 386 Å². The summed E-state index contributed by atoms with van der Waals surface area (Å²) in [6, 6.07) is 50.8. The Balaban J connectivity index is 1.26. The van der Waals surface area contributed by atoms with Gasteiger partial charge in [0.25, 0.3) is 0 Å². The van der Waals surface area contributed by atoms with Crippen LogP contribution in [-0.4, -0.2) is 6.21 Å². The largest absolute Gasteiger partial charge is 0.405 e. The van der Waals surface area contributed by atoms with Gasteiger partial charge in [-0.2, -0.15) is 0 Å². The average Bonchev–Trinajstić information content (AvgIpc) is 3.41. The second kappa shape index (κ2) is 21.5. The quantitative estimate of drug-likeness (QED) is 0.0913. The summed E-state index contributed by atoms with van der Waals surface area (Å²) < 4.78 is 0. The molecule has 2 nitrogen and oxygen atoms in total.